The zero-order valence-corrected chi connectivity index (χ0v) is 12.7. The van der Waals surface area contributed by atoms with Gasteiger partial charge in [0, 0.05) is 38.3 Å². The number of rotatable bonds is 5. The topological polar surface area (TPSA) is 55.8 Å². The fraction of sp³-hybridized carbons (Fsp3) is 0.929. The van der Waals surface area contributed by atoms with Crippen molar-refractivity contribution in [1.82, 2.24) is 15.1 Å². The lowest BCUT2D eigenvalue weighted by atomic mass is 9.98. The molecule has 0 aromatic rings. The van der Waals surface area contributed by atoms with Crippen LogP contribution in [0.1, 0.15) is 39.5 Å². The summed E-state index contributed by atoms with van der Waals surface area (Å²) >= 11 is 0. The van der Waals surface area contributed by atoms with Gasteiger partial charge in [-0.3, -0.25) is 0 Å². The van der Waals surface area contributed by atoms with Crippen LogP contribution in [0.15, 0.2) is 0 Å². The van der Waals surface area contributed by atoms with E-state index >= 15 is 0 Å². The van der Waals surface area contributed by atoms with Crippen LogP contribution in [0, 0.1) is 0 Å². The largest absolute Gasteiger partial charge is 0.396 e. The van der Waals surface area contributed by atoms with Crippen molar-refractivity contribution in [2.75, 3.05) is 27.2 Å². The molecule has 19 heavy (non-hydrogen) atoms. The first-order chi connectivity index (χ1) is 8.95. The number of piperidine rings is 1. The monoisotopic (exact) mass is 271 g/mol. The maximum atomic E-state index is 12.1. The standard InChI is InChI=1S/C14H29N3O2/c1-11(6-5-9-18)15-14(19)17(4)13-7-8-16(3)12(2)10-13/h11-13,18H,5-10H2,1-4H3,(H,15,19). The van der Waals surface area contributed by atoms with Gasteiger partial charge in [-0.2, -0.15) is 0 Å². The molecule has 5 nitrogen and oxygen atoms in total. The third-order valence-electron chi connectivity index (χ3n) is 4.21. The molecule has 2 N–H and O–H groups in total. The molecule has 3 unspecified atom stereocenters. The Hall–Kier alpha value is -0.810. The van der Waals surface area contributed by atoms with Crippen LogP contribution in [0.25, 0.3) is 0 Å². The summed E-state index contributed by atoms with van der Waals surface area (Å²) in [4.78, 5) is 16.3. The molecule has 0 spiro atoms. The SMILES string of the molecule is CC(CCCO)NC(=O)N(C)C1CCN(C)C(C)C1. The maximum Gasteiger partial charge on any atom is 0.317 e. The van der Waals surface area contributed by atoms with E-state index in [9.17, 15) is 4.79 Å². The minimum Gasteiger partial charge on any atom is -0.396 e. The van der Waals surface area contributed by atoms with Crippen LogP contribution in [0.2, 0.25) is 0 Å². The third-order valence-corrected chi connectivity index (χ3v) is 4.21. The summed E-state index contributed by atoms with van der Waals surface area (Å²) in [6.07, 6.45) is 3.62. The molecule has 0 aromatic heterocycles. The summed E-state index contributed by atoms with van der Waals surface area (Å²) < 4.78 is 0. The number of aliphatic hydroxyl groups excluding tert-OH is 1. The molecule has 0 radical (unpaired) electrons. The van der Waals surface area contributed by atoms with Crippen LogP contribution in [0.4, 0.5) is 4.79 Å². The van der Waals surface area contributed by atoms with Gasteiger partial charge in [-0.05, 0) is 46.6 Å². The molecule has 0 saturated carbocycles. The van der Waals surface area contributed by atoms with Crippen molar-refractivity contribution in [2.45, 2.75) is 57.7 Å². The van der Waals surface area contributed by atoms with Gasteiger partial charge in [-0.15, -0.1) is 0 Å². The van der Waals surface area contributed by atoms with Gasteiger partial charge in [0.2, 0.25) is 0 Å². The highest BCUT2D eigenvalue weighted by atomic mass is 16.3. The summed E-state index contributed by atoms with van der Waals surface area (Å²) in [5.41, 5.74) is 0. The Morgan fingerprint density at radius 1 is 1.58 bits per heavy atom. The Labute approximate surface area is 117 Å². The Bertz CT molecular complexity index is 286. The molecule has 1 fully saturated rings. The zero-order chi connectivity index (χ0) is 14.4. The van der Waals surface area contributed by atoms with Crippen molar-refractivity contribution in [3.05, 3.63) is 0 Å². The van der Waals surface area contributed by atoms with E-state index in [1.165, 1.54) is 0 Å². The van der Waals surface area contributed by atoms with Crippen molar-refractivity contribution >= 4 is 6.03 Å². The fourth-order valence-electron chi connectivity index (χ4n) is 2.56. The highest BCUT2D eigenvalue weighted by Gasteiger charge is 2.28. The van der Waals surface area contributed by atoms with Crippen LogP contribution in [0.5, 0.6) is 0 Å². The highest BCUT2D eigenvalue weighted by molar-refractivity contribution is 5.74. The van der Waals surface area contributed by atoms with E-state index in [0.29, 0.717) is 12.1 Å². The summed E-state index contributed by atoms with van der Waals surface area (Å²) in [6.45, 7) is 5.42. The number of likely N-dealkylation sites (tertiary alicyclic amines) is 1. The van der Waals surface area contributed by atoms with E-state index in [2.05, 4.69) is 24.2 Å². The summed E-state index contributed by atoms with van der Waals surface area (Å²) in [6, 6.07) is 0.982. The second kappa shape index (κ2) is 7.70. The minimum absolute atomic E-state index is 0.00666. The number of hydrogen-bond donors (Lipinski definition) is 2. The Balaban J connectivity index is 2.39. The van der Waals surface area contributed by atoms with Crippen LogP contribution < -0.4 is 5.32 Å². The molecular weight excluding hydrogens is 242 g/mol. The molecule has 5 heteroatoms. The second-order valence-electron chi connectivity index (χ2n) is 5.84. The van der Waals surface area contributed by atoms with Gasteiger partial charge in [0.05, 0.1) is 0 Å². The minimum atomic E-state index is 0.00666. The van der Waals surface area contributed by atoms with Crippen molar-refractivity contribution in [1.29, 1.82) is 0 Å². The molecule has 1 saturated heterocycles. The number of carbonyl (C=O) groups is 1. The van der Waals surface area contributed by atoms with E-state index in [4.69, 9.17) is 5.11 Å². The number of nitrogens with zero attached hydrogens (tertiary/aromatic N) is 2. The van der Waals surface area contributed by atoms with Gasteiger partial charge in [0.25, 0.3) is 0 Å². The van der Waals surface area contributed by atoms with Crippen molar-refractivity contribution in [3.63, 3.8) is 0 Å². The highest BCUT2D eigenvalue weighted by Crippen LogP contribution is 2.19. The number of aliphatic hydroxyl groups is 1. The smallest absolute Gasteiger partial charge is 0.317 e. The Morgan fingerprint density at radius 3 is 2.84 bits per heavy atom. The van der Waals surface area contributed by atoms with E-state index in [1.807, 2.05) is 18.9 Å². The van der Waals surface area contributed by atoms with E-state index in [-0.39, 0.29) is 18.7 Å². The molecule has 1 rings (SSSR count). The van der Waals surface area contributed by atoms with Crippen LogP contribution in [0.3, 0.4) is 0 Å². The zero-order valence-electron chi connectivity index (χ0n) is 12.7. The lowest BCUT2D eigenvalue weighted by molar-refractivity contribution is 0.114. The second-order valence-corrected chi connectivity index (χ2v) is 5.84. The molecule has 0 aliphatic carbocycles. The quantitative estimate of drug-likeness (QED) is 0.792. The third kappa shape index (κ3) is 4.99. The molecule has 112 valence electrons. The van der Waals surface area contributed by atoms with Crippen LogP contribution in [-0.2, 0) is 0 Å². The van der Waals surface area contributed by atoms with Crippen molar-refractivity contribution < 1.29 is 9.90 Å². The van der Waals surface area contributed by atoms with Gasteiger partial charge < -0.3 is 20.2 Å². The predicted molar refractivity (Wildman–Crippen MR) is 77.2 cm³/mol. The maximum absolute atomic E-state index is 12.1. The molecule has 2 amide bonds. The van der Waals surface area contributed by atoms with Crippen molar-refractivity contribution in [2.24, 2.45) is 0 Å². The van der Waals surface area contributed by atoms with Crippen LogP contribution in [-0.4, -0.2) is 66.3 Å². The number of amides is 2. The van der Waals surface area contributed by atoms with E-state index in [0.717, 1.165) is 32.2 Å². The van der Waals surface area contributed by atoms with Crippen molar-refractivity contribution in [3.8, 4) is 0 Å². The molecule has 0 aromatic carbocycles. The van der Waals surface area contributed by atoms with E-state index in [1.54, 1.807) is 0 Å². The van der Waals surface area contributed by atoms with Gasteiger partial charge in [-0.25, -0.2) is 4.79 Å². The normalized spacial score (nSPS) is 25.9. The molecule has 0 bridgehead atoms. The molecule has 3 atom stereocenters. The summed E-state index contributed by atoms with van der Waals surface area (Å²) in [5, 5.41) is 11.8. The lowest BCUT2D eigenvalue weighted by Crippen LogP contribution is -2.51. The predicted octanol–water partition coefficient (Wildman–Crippen LogP) is 1.27. The lowest BCUT2D eigenvalue weighted by Gasteiger charge is -2.39. The first kappa shape index (κ1) is 16.2. The molecule has 1 aliphatic heterocycles. The van der Waals surface area contributed by atoms with Crippen LogP contribution >= 0.6 is 0 Å². The first-order valence-corrected chi connectivity index (χ1v) is 7.30. The van der Waals surface area contributed by atoms with Gasteiger partial charge in [-0.1, -0.05) is 0 Å². The first-order valence-electron chi connectivity index (χ1n) is 7.30. The number of urea groups is 1. The van der Waals surface area contributed by atoms with Gasteiger partial charge in [0.1, 0.15) is 0 Å². The molecule has 1 heterocycles. The molecular formula is C14H29N3O2. The Kier molecular flexibility index (Phi) is 6.58. The van der Waals surface area contributed by atoms with Gasteiger partial charge >= 0.3 is 6.03 Å². The Morgan fingerprint density at radius 2 is 2.26 bits per heavy atom. The number of hydrogen-bond acceptors (Lipinski definition) is 3. The number of carbonyl (C=O) groups excluding carboxylic acids is 1. The van der Waals surface area contributed by atoms with Gasteiger partial charge in [0.15, 0.2) is 0 Å². The molecule has 1 aliphatic rings. The summed E-state index contributed by atoms with van der Waals surface area (Å²) in [7, 11) is 4.02. The summed E-state index contributed by atoms with van der Waals surface area (Å²) in [5.74, 6) is 0. The van der Waals surface area contributed by atoms with E-state index < -0.39 is 0 Å². The average molecular weight is 271 g/mol. The average Bonchev–Trinajstić information content (AvgIpc) is 2.38. The fourth-order valence-corrected chi connectivity index (χ4v) is 2.56. The number of nitrogens with one attached hydrogen (secondary N) is 1.